The highest BCUT2D eigenvalue weighted by Gasteiger charge is 2.07. The van der Waals surface area contributed by atoms with Crippen LogP contribution in [0.2, 0.25) is 0 Å². The van der Waals surface area contributed by atoms with Gasteiger partial charge in [-0.15, -0.1) is 0 Å². The largest absolute Gasteiger partial charge is 0.397 e. The van der Waals surface area contributed by atoms with Crippen LogP contribution in [0.25, 0.3) is 0 Å². The molecule has 4 heteroatoms. The highest BCUT2D eigenvalue weighted by Crippen LogP contribution is 2.17. The predicted molar refractivity (Wildman–Crippen MR) is 85.8 cm³/mol. The number of nitrogens with two attached hydrogens (primary N) is 1. The molecule has 0 spiro atoms. The second-order valence-electron chi connectivity index (χ2n) is 4.36. The number of aliphatic imine (C=N–C) groups is 1. The van der Waals surface area contributed by atoms with Crippen molar-refractivity contribution in [3.63, 3.8) is 0 Å². The van der Waals surface area contributed by atoms with Crippen LogP contribution in [0.1, 0.15) is 26.7 Å². The standard InChI is InChI=1S/C16H21N3O/c1-4-8-13(5-2)11-18-12(3)16(20)19-15-10-7-6-9-14(15)17/h5-7,9-11H,3-4,8,17H2,1-2H3,(H,19,20)/b13-5-,18-11-. The third-order valence-corrected chi connectivity index (χ3v) is 2.77. The molecule has 0 bridgehead atoms. The molecule has 0 aliphatic rings. The fourth-order valence-corrected chi connectivity index (χ4v) is 1.60. The molecule has 1 amide bonds. The van der Waals surface area contributed by atoms with Gasteiger partial charge in [-0.3, -0.25) is 9.79 Å². The van der Waals surface area contributed by atoms with Gasteiger partial charge in [0, 0.05) is 6.21 Å². The van der Waals surface area contributed by atoms with Gasteiger partial charge in [0.25, 0.3) is 5.91 Å². The van der Waals surface area contributed by atoms with E-state index in [1.54, 1.807) is 30.5 Å². The van der Waals surface area contributed by atoms with E-state index in [0.717, 1.165) is 18.4 Å². The number of nitrogens with zero attached hydrogens (tertiary/aromatic N) is 1. The first-order chi connectivity index (χ1) is 9.58. The zero-order chi connectivity index (χ0) is 15.0. The van der Waals surface area contributed by atoms with Gasteiger partial charge in [0.2, 0.25) is 0 Å². The van der Waals surface area contributed by atoms with Crippen molar-refractivity contribution in [2.45, 2.75) is 26.7 Å². The van der Waals surface area contributed by atoms with Gasteiger partial charge in [0.15, 0.2) is 0 Å². The number of carbonyl (C=O) groups excluding carboxylic acids is 1. The van der Waals surface area contributed by atoms with Crippen LogP contribution in [0.3, 0.4) is 0 Å². The fourth-order valence-electron chi connectivity index (χ4n) is 1.60. The zero-order valence-electron chi connectivity index (χ0n) is 12.0. The molecule has 3 N–H and O–H groups in total. The molecule has 4 nitrogen and oxygen atoms in total. The summed E-state index contributed by atoms with van der Waals surface area (Å²) in [6.45, 7) is 7.71. The molecule has 0 aliphatic heterocycles. The Kier molecular flexibility index (Phi) is 6.23. The van der Waals surface area contributed by atoms with Gasteiger partial charge in [-0.05, 0) is 31.1 Å². The molecule has 1 rings (SSSR count). The van der Waals surface area contributed by atoms with E-state index in [9.17, 15) is 4.79 Å². The number of benzene rings is 1. The maximum absolute atomic E-state index is 11.9. The molecule has 0 heterocycles. The van der Waals surface area contributed by atoms with E-state index >= 15 is 0 Å². The third-order valence-electron chi connectivity index (χ3n) is 2.77. The van der Waals surface area contributed by atoms with E-state index in [4.69, 9.17) is 5.73 Å². The first-order valence-corrected chi connectivity index (χ1v) is 6.62. The Balaban J connectivity index is 2.67. The molecule has 0 atom stereocenters. The smallest absolute Gasteiger partial charge is 0.273 e. The van der Waals surface area contributed by atoms with Crippen LogP contribution in [0.5, 0.6) is 0 Å². The van der Waals surface area contributed by atoms with Crippen LogP contribution in [0.4, 0.5) is 11.4 Å². The third kappa shape index (κ3) is 4.72. The molecule has 20 heavy (non-hydrogen) atoms. The number of para-hydroxylation sites is 2. The van der Waals surface area contributed by atoms with Crippen molar-refractivity contribution in [2.24, 2.45) is 4.99 Å². The number of allylic oxidation sites excluding steroid dienone is 2. The van der Waals surface area contributed by atoms with Gasteiger partial charge in [-0.2, -0.15) is 0 Å². The van der Waals surface area contributed by atoms with E-state index < -0.39 is 0 Å². The topological polar surface area (TPSA) is 67.5 Å². The Morgan fingerprint density at radius 1 is 1.45 bits per heavy atom. The average molecular weight is 271 g/mol. The number of carbonyl (C=O) groups is 1. The Morgan fingerprint density at radius 3 is 2.75 bits per heavy atom. The van der Waals surface area contributed by atoms with Crippen LogP contribution >= 0.6 is 0 Å². The van der Waals surface area contributed by atoms with Crippen molar-refractivity contribution < 1.29 is 4.79 Å². The summed E-state index contributed by atoms with van der Waals surface area (Å²) in [6.07, 6.45) is 5.62. The number of hydrogen-bond acceptors (Lipinski definition) is 3. The normalized spacial score (nSPS) is 11.6. The monoisotopic (exact) mass is 271 g/mol. The van der Waals surface area contributed by atoms with Crippen molar-refractivity contribution in [1.82, 2.24) is 0 Å². The van der Waals surface area contributed by atoms with Crippen molar-refractivity contribution in [1.29, 1.82) is 0 Å². The lowest BCUT2D eigenvalue weighted by Crippen LogP contribution is -2.14. The molecular weight excluding hydrogens is 250 g/mol. The van der Waals surface area contributed by atoms with Crippen LogP contribution in [-0.2, 0) is 4.79 Å². The van der Waals surface area contributed by atoms with Crippen molar-refractivity contribution in [3.05, 3.63) is 48.2 Å². The molecule has 0 aromatic heterocycles. The van der Waals surface area contributed by atoms with E-state index in [1.165, 1.54) is 0 Å². The number of rotatable bonds is 6. The summed E-state index contributed by atoms with van der Waals surface area (Å²) in [5.41, 5.74) is 8.08. The second-order valence-corrected chi connectivity index (χ2v) is 4.36. The second kappa shape index (κ2) is 7.94. The highest BCUT2D eigenvalue weighted by atomic mass is 16.2. The number of hydrogen-bond donors (Lipinski definition) is 2. The van der Waals surface area contributed by atoms with Gasteiger partial charge in [0.05, 0.1) is 11.4 Å². The lowest BCUT2D eigenvalue weighted by atomic mass is 10.1. The highest BCUT2D eigenvalue weighted by molar-refractivity contribution is 6.05. The summed E-state index contributed by atoms with van der Waals surface area (Å²) in [6, 6.07) is 7.07. The van der Waals surface area contributed by atoms with E-state index in [0.29, 0.717) is 11.4 Å². The Morgan fingerprint density at radius 2 is 2.15 bits per heavy atom. The summed E-state index contributed by atoms with van der Waals surface area (Å²) in [5, 5.41) is 2.69. The molecule has 0 radical (unpaired) electrons. The Labute approximate surface area is 120 Å². The van der Waals surface area contributed by atoms with Gasteiger partial charge in [-0.25, -0.2) is 0 Å². The van der Waals surface area contributed by atoms with Crippen LogP contribution < -0.4 is 11.1 Å². The molecule has 106 valence electrons. The van der Waals surface area contributed by atoms with Crippen LogP contribution in [0, 0.1) is 0 Å². The van der Waals surface area contributed by atoms with Crippen LogP contribution in [0.15, 0.2) is 53.2 Å². The van der Waals surface area contributed by atoms with Gasteiger partial charge >= 0.3 is 0 Å². The minimum Gasteiger partial charge on any atom is -0.397 e. The lowest BCUT2D eigenvalue weighted by Gasteiger charge is -2.07. The molecule has 1 aromatic rings. The Bertz CT molecular complexity index is 544. The quantitative estimate of drug-likeness (QED) is 0.472. The summed E-state index contributed by atoms with van der Waals surface area (Å²) in [4.78, 5) is 16.0. The number of anilines is 2. The van der Waals surface area contributed by atoms with Crippen LogP contribution in [-0.4, -0.2) is 12.1 Å². The molecule has 0 saturated heterocycles. The summed E-state index contributed by atoms with van der Waals surface area (Å²) < 4.78 is 0. The lowest BCUT2D eigenvalue weighted by molar-refractivity contribution is -0.112. The minimum atomic E-state index is -0.355. The van der Waals surface area contributed by atoms with E-state index in [2.05, 4.69) is 23.8 Å². The number of nitrogens with one attached hydrogen (secondary N) is 1. The van der Waals surface area contributed by atoms with Gasteiger partial charge in [-0.1, -0.05) is 38.1 Å². The predicted octanol–water partition coefficient (Wildman–Crippen LogP) is 3.54. The van der Waals surface area contributed by atoms with Gasteiger partial charge < -0.3 is 11.1 Å². The van der Waals surface area contributed by atoms with E-state index in [-0.39, 0.29) is 11.6 Å². The molecule has 0 aliphatic carbocycles. The molecule has 0 fully saturated rings. The molecular formula is C16H21N3O. The maximum Gasteiger partial charge on any atom is 0.273 e. The maximum atomic E-state index is 11.9. The minimum absolute atomic E-state index is 0.156. The summed E-state index contributed by atoms with van der Waals surface area (Å²) >= 11 is 0. The van der Waals surface area contributed by atoms with Crippen molar-refractivity contribution in [2.75, 3.05) is 11.1 Å². The van der Waals surface area contributed by atoms with Crippen molar-refractivity contribution in [3.8, 4) is 0 Å². The number of nitrogen functional groups attached to an aromatic ring is 1. The van der Waals surface area contributed by atoms with Gasteiger partial charge in [0.1, 0.15) is 5.70 Å². The SMILES string of the molecule is C=C(/N=C\C(=C/C)CCC)C(=O)Nc1ccccc1N. The number of amides is 1. The zero-order valence-corrected chi connectivity index (χ0v) is 12.0. The molecule has 0 saturated carbocycles. The van der Waals surface area contributed by atoms with Crippen molar-refractivity contribution >= 4 is 23.5 Å². The first-order valence-electron chi connectivity index (χ1n) is 6.62. The first kappa shape index (κ1) is 15.7. The fraction of sp³-hybridized carbons (Fsp3) is 0.250. The molecule has 1 aromatic carbocycles. The Hall–Kier alpha value is -2.36. The molecule has 0 unspecified atom stereocenters. The summed E-state index contributed by atoms with van der Waals surface area (Å²) in [5.74, 6) is -0.355. The van der Waals surface area contributed by atoms with E-state index in [1.807, 2.05) is 13.0 Å². The average Bonchev–Trinajstić information content (AvgIpc) is 2.45. The summed E-state index contributed by atoms with van der Waals surface area (Å²) in [7, 11) is 0.